The number of nitrogens with zero attached hydrogens (tertiary/aromatic N) is 3. The standard InChI is InChI=1S/C20H21ClN4O2S/c1-14-2-5-17(6-3-14)28(26,27)25-10-8-16(9-11-25)24-20-18-7-4-15(21)12-19(18)22-13-23-20/h2-7,12-13,16H,8-11H2,1H3,(H,22,23,24). The maximum Gasteiger partial charge on any atom is 0.243 e. The molecule has 0 unspecified atom stereocenters. The fourth-order valence-corrected chi connectivity index (χ4v) is 5.07. The number of anilines is 1. The lowest BCUT2D eigenvalue weighted by molar-refractivity contribution is 0.329. The van der Waals surface area contributed by atoms with Crippen LogP contribution in [0, 0.1) is 6.92 Å². The Labute approximate surface area is 169 Å². The summed E-state index contributed by atoms with van der Waals surface area (Å²) in [5.41, 5.74) is 1.82. The van der Waals surface area contributed by atoms with Crippen LogP contribution in [0.5, 0.6) is 0 Å². The van der Waals surface area contributed by atoms with Gasteiger partial charge in [0.25, 0.3) is 0 Å². The number of rotatable bonds is 4. The van der Waals surface area contributed by atoms with E-state index >= 15 is 0 Å². The van der Waals surface area contributed by atoms with Crippen LogP contribution in [0.1, 0.15) is 18.4 Å². The highest BCUT2D eigenvalue weighted by atomic mass is 35.5. The second-order valence-electron chi connectivity index (χ2n) is 7.02. The van der Waals surface area contributed by atoms with Crippen LogP contribution in [-0.2, 0) is 10.0 Å². The number of nitrogens with one attached hydrogen (secondary N) is 1. The van der Waals surface area contributed by atoms with E-state index in [1.165, 1.54) is 6.33 Å². The molecule has 1 aromatic heterocycles. The van der Waals surface area contributed by atoms with Gasteiger partial charge in [-0.3, -0.25) is 0 Å². The van der Waals surface area contributed by atoms with Crippen molar-refractivity contribution in [3.05, 3.63) is 59.4 Å². The summed E-state index contributed by atoms with van der Waals surface area (Å²) >= 11 is 6.04. The Bertz CT molecular complexity index is 1090. The molecule has 0 amide bonds. The van der Waals surface area contributed by atoms with E-state index in [1.54, 1.807) is 22.5 Å². The van der Waals surface area contributed by atoms with Crippen molar-refractivity contribution in [2.45, 2.75) is 30.7 Å². The van der Waals surface area contributed by atoms with Gasteiger partial charge in [0.05, 0.1) is 10.4 Å². The number of benzene rings is 2. The number of hydrogen-bond acceptors (Lipinski definition) is 5. The highest BCUT2D eigenvalue weighted by Gasteiger charge is 2.29. The highest BCUT2D eigenvalue weighted by Crippen LogP contribution is 2.26. The molecule has 0 spiro atoms. The van der Waals surface area contributed by atoms with Crippen LogP contribution in [0.4, 0.5) is 5.82 Å². The van der Waals surface area contributed by atoms with Crippen molar-refractivity contribution >= 4 is 38.3 Å². The van der Waals surface area contributed by atoms with Gasteiger partial charge in [0.15, 0.2) is 0 Å². The summed E-state index contributed by atoms with van der Waals surface area (Å²) in [5, 5.41) is 4.98. The maximum absolute atomic E-state index is 12.8. The quantitative estimate of drug-likeness (QED) is 0.699. The lowest BCUT2D eigenvalue weighted by atomic mass is 10.1. The van der Waals surface area contributed by atoms with Crippen LogP contribution >= 0.6 is 11.6 Å². The normalized spacial score (nSPS) is 16.4. The fourth-order valence-electron chi connectivity index (χ4n) is 3.44. The number of hydrogen-bond donors (Lipinski definition) is 1. The second kappa shape index (κ2) is 7.66. The lowest BCUT2D eigenvalue weighted by Gasteiger charge is -2.32. The van der Waals surface area contributed by atoms with Gasteiger partial charge in [-0.05, 0) is 50.1 Å². The number of fused-ring (bicyclic) bond motifs is 1. The maximum atomic E-state index is 12.8. The molecule has 2 heterocycles. The first-order valence-electron chi connectivity index (χ1n) is 9.17. The minimum Gasteiger partial charge on any atom is -0.367 e. The SMILES string of the molecule is Cc1ccc(S(=O)(=O)N2CCC(Nc3ncnc4cc(Cl)ccc34)CC2)cc1. The average molecular weight is 417 g/mol. The zero-order chi connectivity index (χ0) is 19.7. The predicted octanol–water partition coefficient (Wildman–Crippen LogP) is 3.86. The average Bonchev–Trinajstić information content (AvgIpc) is 2.69. The fraction of sp³-hybridized carbons (Fsp3) is 0.300. The molecule has 6 nitrogen and oxygen atoms in total. The number of sulfonamides is 1. The van der Waals surface area contributed by atoms with Crippen molar-refractivity contribution in [1.82, 2.24) is 14.3 Å². The van der Waals surface area contributed by atoms with Gasteiger partial charge in [-0.1, -0.05) is 29.3 Å². The number of piperidine rings is 1. The van der Waals surface area contributed by atoms with Crippen molar-refractivity contribution in [2.75, 3.05) is 18.4 Å². The largest absolute Gasteiger partial charge is 0.367 e. The molecule has 1 aliphatic rings. The molecule has 0 radical (unpaired) electrons. The van der Waals surface area contributed by atoms with Gasteiger partial charge in [-0.15, -0.1) is 0 Å². The molecule has 28 heavy (non-hydrogen) atoms. The van der Waals surface area contributed by atoms with E-state index in [4.69, 9.17) is 11.6 Å². The topological polar surface area (TPSA) is 75.2 Å². The van der Waals surface area contributed by atoms with Gasteiger partial charge >= 0.3 is 0 Å². The molecule has 0 saturated carbocycles. The van der Waals surface area contributed by atoms with Crippen molar-refractivity contribution in [2.24, 2.45) is 0 Å². The molecule has 146 valence electrons. The van der Waals surface area contributed by atoms with Gasteiger partial charge in [0.1, 0.15) is 12.1 Å². The van der Waals surface area contributed by atoms with Crippen LogP contribution in [0.15, 0.2) is 53.7 Å². The van der Waals surface area contributed by atoms with Crippen LogP contribution in [0.25, 0.3) is 10.9 Å². The van der Waals surface area contributed by atoms with E-state index in [2.05, 4.69) is 15.3 Å². The Morgan fingerprint density at radius 2 is 1.79 bits per heavy atom. The van der Waals surface area contributed by atoms with Crippen molar-refractivity contribution < 1.29 is 8.42 Å². The van der Waals surface area contributed by atoms with Crippen molar-refractivity contribution in [3.63, 3.8) is 0 Å². The second-order valence-corrected chi connectivity index (χ2v) is 9.39. The highest BCUT2D eigenvalue weighted by molar-refractivity contribution is 7.89. The van der Waals surface area contributed by atoms with Gasteiger partial charge in [0, 0.05) is 29.5 Å². The third kappa shape index (κ3) is 3.83. The van der Waals surface area contributed by atoms with Gasteiger partial charge in [0.2, 0.25) is 10.0 Å². The number of halogens is 1. The Balaban J connectivity index is 1.46. The summed E-state index contributed by atoms with van der Waals surface area (Å²) in [6, 6.07) is 12.7. The van der Waals surface area contributed by atoms with E-state index in [0.717, 1.165) is 22.3 Å². The molecule has 1 N–H and O–H groups in total. The van der Waals surface area contributed by atoms with Crippen LogP contribution in [0.2, 0.25) is 5.02 Å². The molecule has 0 aliphatic carbocycles. The smallest absolute Gasteiger partial charge is 0.243 e. The van der Waals surface area contributed by atoms with Crippen LogP contribution < -0.4 is 5.32 Å². The Morgan fingerprint density at radius 3 is 2.50 bits per heavy atom. The first-order chi connectivity index (χ1) is 13.4. The first-order valence-corrected chi connectivity index (χ1v) is 11.0. The molecular formula is C20H21ClN4O2S. The molecule has 1 aliphatic heterocycles. The van der Waals surface area contributed by atoms with Crippen LogP contribution in [-0.4, -0.2) is 41.8 Å². The summed E-state index contributed by atoms with van der Waals surface area (Å²) in [7, 11) is -3.45. The Hall–Kier alpha value is -2.22. The molecule has 1 saturated heterocycles. The monoisotopic (exact) mass is 416 g/mol. The summed E-state index contributed by atoms with van der Waals surface area (Å²) in [6.45, 7) is 2.89. The Kier molecular flexibility index (Phi) is 5.23. The summed E-state index contributed by atoms with van der Waals surface area (Å²) in [5.74, 6) is 0.751. The first kappa shape index (κ1) is 19.1. The van der Waals surface area contributed by atoms with Crippen molar-refractivity contribution in [3.8, 4) is 0 Å². The van der Waals surface area contributed by atoms with Crippen LogP contribution in [0.3, 0.4) is 0 Å². The third-order valence-electron chi connectivity index (χ3n) is 5.05. The summed E-state index contributed by atoms with van der Waals surface area (Å²) in [4.78, 5) is 8.96. The summed E-state index contributed by atoms with van der Waals surface area (Å²) < 4.78 is 27.2. The van der Waals surface area contributed by atoms with Crippen molar-refractivity contribution in [1.29, 1.82) is 0 Å². The van der Waals surface area contributed by atoms with E-state index < -0.39 is 10.0 Å². The molecular weight excluding hydrogens is 396 g/mol. The summed E-state index contributed by atoms with van der Waals surface area (Å²) in [6.07, 6.45) is 2.94. The van der Waals surface area contributed by atoms with Gasteiger partial charge in [-0.2, -0.15) is 4.31 Å². The predicted molar refractivity (Wildman–Crippen MR) is 111 cm³/mol. The van der Waals surface area contributed by atoms with Gasteiger partial charge < -0.3 is 5.32 Å². The molecule has 0 atom stereocenters. The lowest BCUT2D eigenvalue weighted by Crippen LogP contribution is -2.42. The van der Waals surface area contributed by atoms with E-state index in [0.29, 0.717) is 35.8 Å². The van der Waals surface area contributed by atoms with Gasteiger partial charge in [-0.25, -0.2) is 18.4 Å². The molecule has 3 aromatic rings. The Morgan fingerprint density at radius 1 is 1.07 bits per heavy atom. The number of aryl methyl sites for hydroxylation is 1. The zero-order valence-electron chi connectivity index (χ0n) is 15.5. The zero-order valence-corrected chi connectivity index (χ0v) is 17.0. The molecule has 1 fully saturated rings. The minimum absolute atomic E-state index is 0.151. The minimum atomic E-state index is -3.45. The molecule has 8 heteroatoms. The molecule has 0 bridgehead atoms. The molecule has 2 aromatic carbocycles. The van der Waals surface area contributed by atoms with E-state index in [1.807, 2.05) is 31.2 Å². The molecule has 4 rings (SSSR count). The third-order valence-corrected chi connectivity index (χ3v) is 7.20. The van der Waals surface area contributed by atoms with E-state index in [9.17, 15) is 8.42 Å². The number of aromatic nitrogens is 2. The van der Waals surface area contributed by atoms with E-state index in [-0.39, 0.29) is 6.04 Å².